The van der Waals surface area contributed by atoms with Crippen LogP contribution in [0.2, 0.25) is 0 Å². The Labute approximate surface area is 200 Å². The highest BCUT2D eigenvalue weighted by Gasteiger charge is 2.36. The number of anilines is 1. The Hall–Kier alpha value is -3.24. The van der Waals surface area contributed by atoms with E-state index in [0.29, 0.717) is 5.56 Å². The molecule has 8 nitrogen and oxygen atoms in total. The second kappa shape index (κ2) is 9.72. The van der Waals surface area contributed by atoms with Gasteiger partial charge in [-0.3, -0.25) is 14.4 Å². The maximum Gasteiger partial charge on any atom is 0.270 e. The average Bonchev–Trinajstić information content (AvgIpc) is 3.36. The van der Waals surface area contributed by atoms with Gasteiger partial charge >= 0.3 is 0 Å². The number of aromatic nitrogens is 1. The van der Waals surface area contributed by atoms with E-state index in [1.807, 2.05) is 69.5 Å². The number of nitrogen functional groups attached to an aromatic ring is 1. The first-order chi connectivity index (χ1) is 15.5. The second-order valence-electron chi connectivity index (χ2n) is 8.70. The number of nitrogens with two attached hydrogens (primary N) is 2. The first-order valence-corrected chi connectivity index (χ1v) is 11.9. The maximum atomic E-state index is 13.8. The normalized spacial score (nSPS) is 12.2. The molecule has 0 saturated carbocycles. The van der Waals surface area contributed by atoms with Crippen molar-refractivity contribution in [1.29, 1.82) is 0 Å². The molecule has 0 spiro atoms. The zero-order valence-corrected chi connectivity index (χ0v) is 20.5. The molecule has 3 amide bonds. The number of hydrogen-bond donors (Lipinski definition) is 3. The van der Waals surface area contributed by atoms with Gasteiger partial charge < -0.3 is 21.7 Å². The maximum absolute atomic E-state index is 13.8. The molecular weight excluding hydrogens is 458 g/mol. The molecule has 2 heterocycles. The summed E-state index contributed by atoms with van der Waals surface area (Å²) in [5, 5.41) is 4.89. The molecule has 0 aliphatic heterocycles. The van der Waals surface area contributed by atoms with E-state index >= 15 is 0 Å². The first-order valence-electron chi connectivity index (χ1n) is 10.2. The Kier molecular flexibility index (Phi) is 7.19. The highest BCUT2D eigenvalue weighted by molar-refractivity contribution is 7.10. The number of amides is 3. The van der Waals surface area contributed by atoms with E-state index in [1.165, 1.54) is 16.2 Å². The van der Waals surface area contributed by atoms with E-state index in [1.54, 1.807) is 0 Å². The van der Waals surface area contributed by atoms with Crippen LogP contribution in [0.15, 0.2) is 41.8 Å². The number of hydrogen-bond acceptors (Lipinski definition) is 7. The summed E-state index contributed by atoms with van der Waals surface area (Å²) in [4.78, 5) is 41.4. The number of benzene rings is 1. The molecule has 0 fully saturated rings. The van der Waals surface area contributed by atoms with E-state index in [4.69, 9.17) is 11.5 Å². The highest BCUT2D eigenvalue weighted by atomic mass is 32.1. The molecule has 174 valence electrons. The van der Waals surface area contributed by atoms with Crippen molar-refractivity contribution in [3.63, 3.8) is 0 Å². The Morgan fingerprint density at radius 2 is 1.82 bits per heavy atom. The predicted octanol–water partition coefficient (Wildman–Crippen LogP) is 3.49. The summed E-state index contributed by atoms with van der Waals surface area (Å²) < 4.78 is 3.96. The van der Waals surface area contributed by atoms with Gasteiger partial charge in [-0.25, -0.2) is 0 Å². The third-order valence-corrected chi connectivity index (χ3v) is 6.49. The van der Waals surface area contributed by atoms with E-state index in [0.717, 1.165) is 22.0 Å². The van der Waals surface area contributed by atoms with Crippen molar-refractivity contribution in [3.8, 4) is 0 Å². The molecule has 33 heavy (non-hydrogen) atoms. The Balaban J connectivity index is 2.13. The molecule has 0 unspecified atom stereocenters. The summed E-state index contributed by atoms with van der Waals surface area (Å²) in [6.45, 7) is 7.76. The van der Waals surface area contributed by atoms with E-state index < -0.39 is 23.4 Å². The zero-order chi connectivity index (χ0) is 24.3. The first kappa shape index (κ1) is 24.4. The van der Waals surface area contributed by atoms with Crippen LogP contribution >= 0.6 is 22.9 Å². The van der Waals surface area contributed by atoms with Gasteiger partial charge in [-0.15, -0.1) is 11.3 Å². The fraction of sp³-hybridized carbons (Fsp3) is 0.304. The second-order valence-corrected chi connectivity index (χ2v) is 10.5. The largest absolute Gasteiger partial charge is 0.395 e. The SMILES string of the molecule is Cc1ccc([C@@H](C(=O)NC(C)(C)C)N(Cc2cccs2)C(=O)c2snc(C(N)=O)c2N)cc1. The topological polar surface area (TPSA) is 131 Å². The molecule has 5 N–H and O–H groups in total. The van der Waals surface area contributed by atoms with Crippen molar-refractivity contribution in [2.75, 3.05) is 5.73 Å². The van der Waals surface area contributed by atoms with Crippen molar-refractivity contribution in [3.05, 3.63) is 68.4 Å². The molecule has 0 bridgehead atoms. The molecule has 2 aromatic heterocycles. The summed E-state index contributed by atoms with van der Waals surface area (Å²) in [5.74, 6) is -1.64. The lowest BCUT2D eigenvalue weighted by Crippen LogP contribution is -2.49. The van der Waals surface area contributed by atoms with Crippen molar-refractivity contribution in [1.82, 2.24) is 14.6 Å². The zero-order valence-electron chi connectivity index (χ0n) is 18.9. The van der Waals surface area contributed by atoms with Gasteiger partial charge in [-0.1, -0.05) is 35.9 Å². The number of thiophene rings is 1. The van der Waals surface area contributed by atoms with Crippen LogP contribution in [0.3, 0.4) is 0 Å². The van der Waals surface area contributed by atoms with Gasteiger partial charge in [-0.05, 0) is 56.2 Å². The molecule has 1 atom stereocenters. The third-order valence-electron chi connectivity index (χ3n) is 4.77. The van der Waals surface area contributed by atoms with Crippen LogP contribution in [0.4, 0.5) is 5.69 Å². The van der Waals surface area contributed by atoms with E-state index in [2.05, 4.69) is 9.69 Å². The van der Waals surface area contributed by atoms with Crippen LogP contribution in [0, 0.1) is 6.92 Å². The highest BCUT2D eigenvalue weighted by Crippen LogP contribution is 2.31. The summed E-state index contributed by atoms with van der Waals surface area (Å²) in [5.41, 5.74) is 12.3. The van der Waals surface area contributed by atoms with Gasteiger partial charge in [0.05, 0.1) is 12.2 Å². The smallest absolute Gasteiger partial charge is 0.270 e. The van der Waals surface area contributed by atoms with Crippen LogP contribution in [-0.2, 0) is 11.3 Å². The Morgan fingerprint density at radius 1 is 1.15 bits per heavy atom. The van der Waals surface area contributed by atoms with Gasteiger partial charge in [-0.2, -0.15) is 4.37 Å². The van der Waals surface area contributed by atoms with Crippen LogP contribution < -0.4 is 16.8 Å². The van der Waals surface area contributed by atoms with Crippen LogP contribution in [-0.4, -0.2) is 32.5 Å². The molecule has 10 heteroatoms. The number of carbonyl (C=O) groups is 3. The molecule has 0 aliphatic carbocycles. The lowest BCUT2D eigenvalue weighted by molar-refractivity contribution is -0.127. The Bertz CT molecular complexity index is 1150. The summed E-state index contributed by atoms with van der Waals surface area (Å²) in [6.07, 6.45) is 0. The minimum Gasteiger partial charge on any atom is -0.395 e. The van der Waals surface area contributed by atoms with Gasteiger partial charge in [0.2, 0.25) is 5.91 Å². The minimum atomic E-state index is -0.932. The van der Waals surface area contributed by atoms with Gasteiger partial charge in [0.25, 0.3) is 11.8 Å². The number of carbonyl (C=O) groups excluding carboxylic acids is 3. The van der Waals surface area contributed by atoms with Crippen LogP contribution in [0.1, 0.15) is 63.0 Å². The number of aryl methyl sites for hydroxylation is 1. The van der Waals surface area contributed by atoms with E-state index in [9.17, 15) is 14.4 Å². The van der Waals surface area contributed by atoms with Crippen molar-refractivity contribution >= 4 is 46.3 Å². The lowest BCUT2D eigenvalue weighted by atomic mass is 10.00. The quantitative estimate of drug-likeness (QED) is 0.471. The predicted molar refractivity (Wildman–Crippen MR) is 131 cm³/mol. The molecule has 3 rings (SSSR count). The molecule has 0 saturated heterocycles. The number of primary amides is 1. The van der Waals surface area contributed by atoms with Crippen molar-refractivity contribution < 1.29 is 14.4 Å². The summed E-state index contributed by atoms with van der Waals surface area (Å²) in [6, 6.07) is 10.3. The molecule has 3 aromatic rings. The number of nitrogens with one attached hydrogen (secondary N) is 1. The van der Waals surface area contributed by atoms with Crippen molar-refractivity contribution in [2.45, 2.75) is 45.8 Å². The summed E-state index contributed by atoms with van der Waals surface area (Å²) in [7, 11) is 0. The van der Waals surface area contributed by atoms with E-state index in [-0.39, 0.29) is 28.7 Å². The van der Waals surface area contributed by atoms with Crippen LogP contribution in [0.5, 0.6) is 0 Å². The minimum absolute atomic E-state index is 0.0704. The Morgan fingerprint density at radius 3 is 2.33 bits per heavy atom. The van der Waals surface area contributed by atoms with Gasteiger partial charge in [0.15, 0.2) is 5.69 Å². The molecule has 0 aliphatic rings. The summed E-state index contributed by atoms with van der Waals surface area (Å²) >= 11 is 2.27. The fourth-order valence-corrected chi connectivity index (χ4v) is 4.73. The van der Waals surface area contributed by atoms with Gasteiger partial charge in [0, 0.05) is 10.4 Å². The standard InChI is InChI=1S/C23H27N5O3S2/c1-13-7-9-14(10-8-13)18(21(30)26-23(2,3)4)28(12-15-6-5-11-32-15)22(31)19-16(24)17(20(25)29)27-33-19/h5-11,18H,12,24H2,1-4H3,(H2,25,29)(H,26,30)/t18-/m0/s1. The average molecular weight is 486 g/mol. The molecule has 1 aromatic carbocycles. The van der Waals surface area contributed by atoms with Crippen LogP contribution in [0.25, 0.3) is 0 Å². The monoisotopic (exact) mass is 485 g/mol. The van der Waals surface area contributed by atoms with Crippen molar-refractivity contribution in [2.24, 2.45) is 5.73 Å². The van der Waals surface area contributed by atoms with Gasteiger partial charge in [0.1, 0.15) is 10.9 Å². The fourth-order valence-electron chi connectivity index (χ4n) is 3.27. The number of rotatable bonds is 7. The third kappa shape index (κ3) is 5.77. The molecule has 0 radical (unpaired) electrons. The number of nitrogens with zero attached hydrogens (tertiary/aromatic N) is 2. The molecular formula is C23H27N5O3S2. The lowest BCUT2D eigenvalue weighted by Gasteiger charge is -2.33.